The molecule has 1 aliphatic rings. The summed E-state index contributed by atoms with van der Waals surface area (Å²) in [4.78, 5) is 15.5. The molecule has 176 valence electrons. The van der Waals surface area contributed by atoms with Crippen molar-refractivity contribution < 1.29 is 18.8 Å². The van der Waals surface area contributed by atoms with Gasteiger partial charge in [0.1, 0.15) is 17.3 Å². The van der Waals surface area contributed by atoms with Crippen molar-refractivity contribution in [2.45, 2.75) is 26.8 Å². The Kier molecular flexibility index (Phi) is 6.56. The second-order valence-corrected chi connectivity index (χ2v) is 8.37. The number of nitrogens with one attached hydrogen (secondary N) is 2. The molecule has 8 nitrogen and oxygen atoms in total. The maximum atomic E-state index is 13.6. The maximum Gasteiger partial charge on any atom is 0.257 e. The van der Waals surface area contributed by atoms with Crippen molar-refractivity contribution in [3.8, 4) is 11.5 Å². The van der Waals surface area contributed by atoms with E-state index in [1.165, 1.54) is 0 Å². The van der Waals surface area contributed by atoms with E-state index in [2.05, 4.69) is 15.8 Å². The molecule has 2 aromatic carbocycles. The average Bonchev–Trinajstić information content (AvgIpc) is 3.22. The largest absolute Gasteiger partial charge is 0.497 e. The summed E-state index contributed by atoms with van der Waals surface area (Å²) in [6.07, 6.45) is 0. The van der Waals surface area contributed by atoms with Gasteiger partial charge in [0, 0.05) is 23.5 Å². The fraction of sp³-hybridized carbons (Fsp3) is 0.240. The SMILES string of the molecule is COc1cc(OC)cc(C2NC(=S)N(c3cccc(C)c3)C(C)=C2C(=O)Nc2cc(C)on2)c1. The summed E-state index contributed by atoms with van der Waals surface area (Å²) in [6, 6.07) is 14.5. The average molecular weight is 479 g/mol. The lowest BCUT2D eigenvalue weighted by atomic mass is 9.93. The number of aromatic nitrogens is 1. The number of rotatable bonds is 6. The lowest BCUT2D eigenvalue weighted by molar-refractivity contribution is -0.113. The zero-order valence-corrected chi connectivity index (χ0v) is 20.4. The van der Waals surface area contributed by atoms with Gasteiger partial charge in [0.2, 0.25) is 0 Å². The predicted molar refractivity (Wildman–Crippen MR) is 134 cm³/mol. The second kappa shape index (κ2) is 9.56. The molecule has 2 N–H and O–H groups in total. The molecule has 3 aromatic rings. The predicted octanol–water partition coefficient (Wildman–Crippen LogP) is 4.66. The number of thiocarbonyl (C=S) groups is 1. The highest BCUT2D eigenvalue weighted by Crippen LogP contribution is 2.37. The molecule has 1 aliphatic heterocycles. The van der Waals surface area contributed by atoms with Gasteiger partial charge >= 0.3 is 0 Å². The molecule has 9 heteroatoms. The fourth-order valence-corrected chi connectivity index (χ4v) is 4.33. The minimum atomic E-state index is -0.550. The van der Waals surface area contributed by atoms with Crippen molar-refractivity contribution in [3.05, 3.63) is 76.7 Å². The highest BCUT2D eigenvalue weighted by atomic mass is 32.1. The van der Waals surface area contributed by atoms with E-state index >= 15 is 0 Å². The van der Waals surface area contributed by atoms with Crippen LogP contribution in [-0.2, 0) is 4.79 Å². The second-order valence-electron chi connectivity index (χ2n) is 7.98. The Labute approximate surface area is 203 Å². The molecule has 4 rings (SSSR count). The first-order chi connectivity index (χ1) is 16.3. The van der Waals surface area contributed by atoms with Crippen molar-refractivity contribution in [2.75, 3.05) is 24.4 Å². The molecule has 0 aliphatic carbocycles. The molecule has 0 spiro atoms. The van der Waals surface area contributed by atoms with E-state index in [0.29, 0.717) is 39.5 Å². The van der Waals surface area contributed by atoms with Gasteiger partial charge in [-0.15, -0.1) is 0 Å². The first-order valence-electron chi connectivity index (χ1n) is 10.7. The van der Waals surface area contributed by atoms with Crippen molar-refractivity contribution in [3.63, 3.8) is 0 Å². The van der Waals surface area contributed by atoms with Crippen molar-refractivity contribution in [2.24, 2.45) is 0 Å². The molecule has 0 saturated carbocycles. The van der Waals surface area contributed by atoms with E-state index in [9.17, 15) is 4.79 Å². The molecule has 34 heavy (non-hydrogen) atoms. The van der Waals surface area contributed by atoms with Gasteiger partial charge in [0.05, 0.1) is 25.8 Å². The molecule has 1 aromatic heterocycles. The van der Waals surface area contributed by atoms with Crippen LogP contribution in [0.3, 0.4) is 0 Å². The van der Waals surface area contributed by atoms with Gasteiger partial charge in [-0.25, -0.2) is 0 Å². The van der Waals surface area contributed by atoms with E-state index in [1.807, 2.05) is 55.1 Å². The van der Waals surface area contributed by atoms with E-state index < -0.39 is 6.04 Å². The third-order valence-electron chi connectivity index (χ3n) is 5.57. The number of hydrogen-bond acceptors (Lipinski definition) is 6. The van der Waals surface area contributed by atoms with Gasteiger partial charge < -0.3 is 24.6 Å². The van der Waals surface area contributed by atoms with Gasteiger partial charge in [0.25, 0.3) is 5.91 Å². The Balaban J connectivity index is 1.85. The van der Waals surface area contributed by atoms with Crippen molar-refractivity contribution in [1.29, 1.82) is 0 Å². The summed E-state index contributed by atoms with van der Waals surface area (Å²) in [5.41, 5.74) is 3.88. The van der Waals surface area contributed by atoms with Crippen molar-refractivity contribution in [1.82, 2.24) is 10.5 Å². The minimum absolute atomic E-state index is 0.328. The molecule has 0 bridgehead atoms. The molecular formula is C25H26N4O4S. The molecule has 1 amide bonds. The van der Waals surface area contributed by atoms with E-state index in [1.54, 1.807) is 33.3 Å². The monoisotopic (exact) mass is 478 g/mol. The Morgan fingerprint density at radius 3 is 2.38 bits per heavy atom. The Hall–Kier alpha value is -3.85. The van der Waals surface area contributed by atoms with Crippen LogP contribution in [0.5, 0.6) is 11.5 Å². The zero-order chi connectivity index (χ0) is 24.4. The number of allylic oxidation sites excluding steroid dienone is 1. The van der Waals surface area contributed by atoms with Gasteiger partial charge in [-0.3, -0.25) is 9.69 Å². The highest BCUT2D eigenvalue weighted by molar-refractivity contribution is 7.80. The Morgan fingerprint density at radius 2 is 1.79 bits per heavy atom. The molecular weight excluding hydrogens is 452 g/mol. The van der Waals surface area contributed by atoms with Crippen LogP contribution in [0.2, 0.25) is 0 Å². The number of nitrogens with zero attached hydrogens (tertiary/aromatic N) is 2. The summed E-state index contributed by atoms with van der Waals surface area (Å²) >= 11 is 5.76. The van der Waals surface area contributed by atoms with Gasteiger partial charge in [-0.2, -0.15) is 0 Å². The van der Waals surface area contributed by atoms with Crippen LogP contribution in [0, 0.1) is 13.8 Å². The van der Waals surface area contributed by atoms with Crippen LogP contribution in [0.1, 0.15) is 29.9 Å². The molecule has 0 radical (unpaired) electrons. The first kappa shape index (κ1) is 23.3. The molecule has 2 heterocycles. The highest BCUT2D eigenvalue weighted by Gasteiger charge is 2.35. The number of aryl methyl sites for hydroxylation is 2. The summed E-state index contributed by atoms with van der Waals surface area (Å²) in [5, 5.41) is 10.6. The Morgan fingerprint density at radius 1 is 1.09 bits per heavy atom. The van der Waals surface area contributed by atoms with E-state index in [4.69, 9.17) is 26.2 Å². The van der Waals surface area contributed by atoms with Crippen molar-refractivity contribution >= 4 is 34.7 Å². The number of hydrogen-bond donors (Lipinski definition) is 2. The lowest BCUT2D eigenvalue weighted by Crippen LogP contribution is -2.48. The number of benzene rings is 2. The summed E-state index contributed by atoms with van der Waals surface area (Å²) < 4.78 is 16.0. The third-order valence-corrected chi connectivity index (χ3v) is 5.87. The van der Waals surface area contributed by atoms with Crippen LogP contribution in [0.4, 0.5) is 11.5 Å². The third kappa shape index (κ3) is 4.60. The molecule has 1 atom stereocenters. The minimum Gasteiger partial charge on any atom is -0.497 e. The standard InChI is InChI=1S/C25H26N4O4S/c1-14-7-6-8-18(9-14)29-16(3)22(24(30)26-21-10-15(2)33-28-21)23(27-25(29)34)17-11-19(31-4)13-20(12-17)32-5/h6-13,23H,1-5H3,(H,27,34)(H,26,28,30). The zero-order valence-electron chi connectivity index (χ0n) is 19.6. The van der Waals surface area contributed by atoms with Gasteiger partial charge in [-0.1, -0.05) is 17.3 Å². The number of ether oxygens (including phenoxy) is 2. The molecule has 0 fully saturated rings. The first-order valence-corrected chi connectivity index (χ1v) is 11.1. The normalized spacial score (nSPS) is 15.7. The van der Waals surface area contributed by atoms with Crippen LogP contribution in [0.25, 0.3) is 0 Å². The number of amides is 1. The van der Waals surface area contributed by atoms with E-state index in [0.717, 1.165) is 16.8 Å². The van der Waals surface area contributed by atoms with Crippen LogP contribution >= 0.6 is 12.2 Å². The summed E-state index contributed by atoms with van der Waals surface area (Å²) in [7, 11) is 3.16. The quantitative estimate of drug-likeness (QED) is 0.495. The van der Waals surface area contributed by atoms with E-state index in [-0.39, 0.29) is 5.91 Å². The topological polar surface area (TPSA) is 88.9 Å². The smallest absolute Gasteiger partial charge is 0.257 e. The summed E-state index contributed by atoms with van der Waals surface area (Å²) in [6.45, 7) is 5.65. The maximum absolute atomic E-state index is 13.6. The van der Waals surface area contributed by atoms with Gasteiger partial charge in [0.15, 0.2) is 10.9 Å². The van der Waals surface area contributed by atoms with Gasteiger partial charge in [-0.05, 0) is 68.4 Å². The van der Waals surface area contributed by atoms with Crippen LogP contribution in [-0.4, -0.2) is 30.4 Å². The number of carbonyl (C=O) groups excluding carboxylic acids is 1. The fourth-order valence-electron chi connectivity index (χ4n) is 3.97. The summed E-state index contributed by atoms with van der Waals surface area (Å²) in [5.74, 6) is 1.81. The Bertz CT molecular complexity index is 1260. The molecule has 0 saturated heterocycles. The van der Waals surface area contributed by atoms with Crippen LogP contribution < -0.4 is 25.0 Å². The number of carbonyl (C=O) groups is 1. The lowest BCUT2D eigenvalue weighted by Gasteiger charge is -2.38. The molecule has 1 unspecified atom stereocenters. The number of anilines is 2. The number of methoxy groups -OCH3 is 2. The van der Waals surface area contributed by atoms with Crippen LogP contribution in [0.15, 0.2) is 64.3 Å².